The lowest BCUT2D eigenvalue weighted by Crippen LogP contribution is -2.38. The van der Waals surface area contributed by atoms with Crippen LogP contribution in [0, 0.1) is 17.8 Å². The van der Waals surface area contributed by atoms with E-state index >= 15 is 0 Å². The number of hydrogen-bond acceptors (Lipinski definition) is 1. The minimum absolute atomic E-state index is 0.672. The molecule has 1 atom stereocenters. The van der Waals surface area contributed by atoms with Gasteiger partial charge in [0.1, 0.15) is 0 Å². The highest BCUT2D eigenvalue weighted by molar-refractivity contribution is 4.74. The molecule has 0 aliphatic rings. The summed E-state index contributed by atoms with van der Waals surface area (Å²) in [5.74, 6) is 2.44. The van der Waals surface area contributed by atoms with Crippen molar-refractivity contribution >= 4 is 0 Å². The molecule has 0 fully saturated rings. The lowest BCUT2D eigenvalue weighted by Gasteiger charge is -2.26. The highest BCUT2D eigenvalue weighted by Gasteiger charge is 2.15. The van der Waals surface area contributed by atoms with Crippen molar-refractivity contribution in [1.29, 1.82) is 0 Å². The monoisotopic (exact) mass is 255 g/mol. The summed E-state index contributed by atoms with van der Waals surface area (Å²) in [7, 11) is 0. The molecule has 110 valence electrons. The van der Waals surface area contributed by atoms with Crippen LogP contribution in [0.4, 0.5) is 0 Å². The molecule has 0 aromatic carbocycles. The van der Waals surface area contributed by atoms with Gasteiger partial charge in [0.05, 0.1) is 0 Å². The summed E-state index contributed by atoms with van der Waals surface area (Å²) in [6, 6.07) is 1.38. The summed E-state index contributed by atoms with van der Waals surface area (Å²) >= 11 is 0. The van der Waals surface area contributed by atoms with Gasteiger partial charge < -0.3 is 5.32 Å². The van der Waals surface area contributed by atoms with Crippen molar-refractivity contribution in [3.05, 3.63) is 0 Å². The van der Waals surface area contributed by atoms with E-state index in [1.807, 2.05) is 0 Å². The van der Waals surface area contributed by atoms with Crippen molar-refractivity contribution in [2.24, 2.45) is 17.8 Å². The third-order valence-electron chi connectivity index (χ3n) is 3.45. The molecule has 0 saturated heterocycles. The second kappa shape index (κ2) is 9.83. The van der Waals surface area contributed by atoms with Crippen molar-refractivity contribution in [3.8, 4) is 0 Å². The van der Waals surface area contributed by atoms with Crippen LogP contribution in [0.25, 0.3) is 0 Å². The molecule has 0 aliphatic carbocycles. The standard InChI is InChI=1S/C17H37N/c1-13(2)9-8-10-16(7)18-17(11-14(3)4)12-15(5)6/h13-18H,8-12H2,1-7H3. The molecule has 0 amide bonds. The topological polar surface area (TPSA) is 12.0 Å². The Hall–Kier alpha value is -0.0400. The van der Waals surface area contributed by atoms with Gasteiger partial charge in [-0.05, 0) is 43.9 Å². The summed E-state index contributed by atoms with van der Waals surface area (Å²) in [6.07, 6.45) is 6.68. The van der Waals surface area contributed by atoms with Gasteiger partial charge in [0.15, 0.2) is 0 Å². The molecule has 0 saturated carbocycles. The van der Waals surface area contributed by atoms with Crippen LogP contribution in [0.1, 0.15) is 80.6 Å². The van der Waals surface area contributed by atoms with Gasteiger partial charge in [-0.3, -0.25) is 0 Å². The summed E-state index contributed by atoms with van der Waals surface area (Å²) in [4.78, 5) is 0. The van der Waals surface area contributed by atoms with E-state index in [1.54, 1.807) is 0 Å². The summed E-state index contributed by atoms with van der Waals surface area (Å²) in [5.41, 5.74) is 0. The molecular formula is C17H37N. The molecule has 0 rings (SSSR count). The van der Waals surface area contributed by atoms with Gasteiger partial charge in [-0.25, -0.2) is 0 Å². The van der Waals surface area contributed by atoms with Crippen molar-refractivity contribution in [1.82, 2.24) is 5.32 Å². The van der Waals surface area contributed by atoms with Gasteiger partial charge in [-0.2, -0.15) is 0 Å². The Bertz CT molecular complexity index is 174. The van der Waals surface area contributed by atoms with Crippen LogP contribution in [0.2, 0.25) is 0 Å². The average molecular weight is 255 g/mol. The molecule has 0 radical (unpaired) electrons. The Balaban J connectivity index is 3.97. The van der Waals surface area contributed by atoms with E-state index in [-0.39, 0.29) is 0 Å². The van der Waals surface area contributed by atoms with Crippen LogP contribution in [0.15, 0.2) is 0 Å². The molecule has 1 heteroatoms. The van der Waals surface area contributed by atoms with Crippen molar-refractivity contribution < 1.29 is 0 Å². The first-order valence-electron chi connectivity index (χ1n) is 8.07. The van der Waals surface area contributed by atoms with Gasteiger partial charge >= 0.3 is 0 Å². The molecular weight excluding hydrogens is 218 g/mol. The second-order valence-corrected chi connectivity index (χ2v) is 7.35. The molecule has 1 unspecified atom stereocenters. The number of rotatable bonds is 10. The molecule has 0 heterocycles. The Morgan fingerprint density at radius 3 is 1.56 bits per heavy atom. The zero-order valence-electron chi connectivity index (χ0n) is 13.9. The molecule has 1 N–H and O–H groups in total. The first kappa shape index (κ1) is 18.0. The molecule has 0 aromatic heterocycles. The molecule has 18 heavy (non-hydrogen) atoms. The van der Waals surface area contributed by atoms with E-state index in [2.05, 4.69) is 53.8 Å². The largest absolute Gasteiger partial charge is 0.311 e. The molecule has 0 aliphatic heterocycles. The van der Waals surface area contributed by atoms with E-state index < -0.39 is 0 Å². The number of nitrogens with one attached hydrogen (secondary N) is 1. The third-order valence-corrected chi connectivity index (χ3v) is 3.45. The second-order valence-electron chi connectivity index (χ2n) is 7.35. The smallest absolute Gasteiger partial charge is 0.00744 e. The van der Waals surface area contributed by atoms with Crippen molar-refractivity contribution in [2.45, 2.75) is 92.7 Å². The molecule has 0 bridgehead atoms. The Labute approximate surface area is 116 Å². The fourth-order valence-corrected chi connectivity index (χ4v) is 2.69. The van der Waals surface area contributed by atoms with Gasteiger partial charge in [0.2, 0.25) is 0 Å². The molecule has 0 spiro atoms. The average Bonchev–Trinajstić information content (AvgIpc) is 2.13. The van der Waals surface area contributed by atoms with Gasteiger partial charge in [0, 0.05) is 12.1 Å². The first-order valence-corrected chi connectivity index (χ1v) is 8.07. The SMILES string of the molecule is CC(C)CCCC(C)NC(CC(C)C)CC(C)C. The van der Waals surface area contributed by atoms with Gasteiger partial charge in [-0.15, -0.1) is 0 Å². The van der Waals surface area contributed by atoms with E-state index in [0.717, 1.165) is 17.8 Å². The maximum Gasteiger partial charge on any atom is 0.00744 e. The highest BCUT2D eigenvalue weighted by atomic mass is 14.9. The van der Waals surface area contributed by atoms with Crippen LogP contribution >= 0.6 is 0 Å². The maximum atomic E-state index is 3.85. The van der Waals surface area contributed by atoms with E-state index in [4.69, 9.17) is 0 Å². The van der Waals surface area contributed by atoms with E-state index in [9.17, 15) is 0 Å². The van der Waals surface area contributed by atoms with Crippen LogP contribution in [0.3, 0.4) is 0 Å². The minimum Gasteiger partial charge on any atom is -0.311 e. The third kappa shape index (κ3) is 11.1. The fourth-order valence-electron chi connectivity index (χ4n) is 2.69. The van der Waals surface area contributed by atoms with E-state index in [1.165, 1.54) is 32.1 Å². The zero-order chi connectivity index (χ0) is 14.1. The van der Waals surface area contributed by atoms with Crippen molar-refractivity contribution in [2.75, 3.05) is 0 Å². The Kier molecular flexibility index (Phi) is 9.81. The predicted octanol–water partition coefficient (Wildman–Crippen LogP) is 5.25. The fraction of sp³-hybridized carbons (Fsp3) is 1.00. The summed E-state index contributed by atoms with van der Waals surface area (Å²) in [5, 5.41) is 3.85. The van der Waals surface area contributed by atoms with Gasteiger partial charge in [0.25, 0.3) is 0 Å². The maximum absolute atomic E-state index is 3.85. The lowest BCUT2D eigenvalue weighted by molar-refractivity contribution is 0.320. The Morgan fingerprint density at radius 1 is 0.667 bits per heavy atom. The van der Waals surface area contributed by atoms with Crippen molar-refractivity contribution in [3.63, 3.8) is 0 Å². The molecule has 0 aromatic rings. The van der Waals surface area contributed by atoms with Crippen LogP contribution in [0.5, 0.6) is 0 Å². The van der Waals surface area contributed by atoms with Gasteiger partial charge in [-0.1, -0.05) is 54.4 Å². The first-order chi connectivity index (χ1) is 8.31. The Morgan fingerprint density at radius 2 is 1.17 bits per heavy atom. The quantitative estimate of drug-likeness (QED) is 0.562. The van der Waals surface area contributed by atoms with Crippen LogP contribution in [-0.2, 0) is 0 Å². The molecule has 1 nitrogen and oxygen atoms in total. The summed E-state index contributed by atoms with van der Waals surface area (Å²) in [6.45, 7) is 16.3. The van der Waals surface area contributed by atoms with Crippen LogP contribution < -0.4 is 5.32 Å². The van der Waals surface area contributed by atoms with E-state index in [0.29, 0.717) is 12.1 Å². The minimum atomic E-state index is 0.672. The highest BCUT2D eigenvalue weighted by Crippen LogP contribution is 2.15. The summed E-state index contributed by atoms with van der Waals surface area (Å²) < 4.78 is 0. The predicted molar refractivity (Wildman–Crippen MR) is 84.0 cm³/mol. The van der Waals surface area contributed by atoms with Crippen LogP contribution in [-0.4, -0.2) is 12.1 Å². The zero-order valence-corrected chi connectivity index (χ0v) is 13.9. The normalized spacial score (nSPS) is 14.2. The lowest BCUT2D eigenvalue weighted by atomic mass is 9.94. The number of hydrogen-bond donors (Lipinski definition) is 1.